The Kier molecular flexibility index (Phi) is 4.97. The van der Waals surface area contributed by atoms with E-state index in [0.717, 1.165) is 5.39 Å². The van der Waals surface area contributed by atoms with Crippen LogP contribution in [0.1, 0.15) is 24.2 Å². The number of rotatable bonds is 5. The third-order valence-electron chi connectivity index (χ3n) is 3.91. The maximum Gasteiger partial charge on any atom is 0.338 e. The van der Waals surface area contributed by atoms with Gasteiger partial charge in [0.15, 0.2) is 6.10 Å². The van der Waals surface area contributed by atoms with Gasteiger partial charge in [0.2, 0.25) is 0 Å². The van der Waals surface area contributed by atoms with Gasteiger partial charge in [0.1, 0.15) is 5.82 Å². The fourth-order valence-electron chi connectivity index (χ4n) is 2.51. The highest BCUT2D eigenvalue weighted by atomic mass is 19.1. The van der Waals surface area contributed by atoms with Crippen molar-refractivity contribution in [1.29, 1.82) is 0 Å². The summed E-state index contributed by atoms with van der Waals surface area (Å²) >= 11 is 0. The zero-order valence-electron chi connectivity index (χ0n) is 14.3. The Morgan fingerprint density at radius 1 is 1.19 bits per heavy atom. The van der Waals surface area contributed by atoms with Gasteiger partial charge in [0.05, 0.1) is 23.0 Å². The number of H-pyrrole nitrogens is 1. The van der Waals surface area contributed by atoms with E-state index in [2.05, 4.69) is 15.5 Å². The van der Waals surface area contributed by atoms with E-state index in [4.69, 9.17) is 4.74 Å². The summed E-state index contributed by atoms with van der Waals surface area (Å²) in [5.41, 5.74) is 1.03. The average molecular weight is 355 g/mol. The number of benzene rings is 2. The van der Waals surface area contributed by atoms with E-state index in [1.807, 2.05) is 0 Å². The van der Waals surface area contributed by atoms with E-state index in [9.17, 15) is 14.0 Å². The Balaban J connectivity index is 1.76. The van der Waals surface area contributed by atoms with Crippen LogP contribution in [-0.4, -0.2) is 28.2 Å². The molecule has 0 spiro atoms. The van der Waals surface area contributed by atoms with Gasteiger partial charge in [-0.1, -0.05) is 32.0 Å². The number of nitrogens with one attached hydrogen (secondary N) is 2. The minimum Gasteiger partial charge on any atom is -0.448 e. The molecule has 7 heteroatoms. The van der Waals surface area contributed by atoms with Crippen LogP contribution in [0.3, 0.4) is 0 Å². The maximum atomic E-state index is 13.7. The average Bonchev–Trinajstić information content (AvgIpc) is 3.08. The lowest BCUT2D eigenvalue weighted by atomic mass is 10.1. The van der Waals surface area contributed by atoms with E-state index in [1.165, 1.54) is 18.2 Å². The van der Waals surface area contributed by atoms with Crippen molar-refractivity contribution in [2.24, 2.45) is 5.92 Å². The highest BCUT2D eigenvalue weighted by molar-refractivity contribution is 5.99. The summed E-state index contributed by atoms with van der Waals surface area (Å²) in [5.74, 6) is -2.06. The summed E-state index contributed by atoms with van der Waals surface area (Å²) in [4.78, 5) is 24.9. The minimum absolute atomic E-state index is 0.0399. The van der Waals surface area contributed by atoms with Gasteiger partial charge in [0, 0.05) is 5.39 Å². The molecule has 6 nitrogen and oxygen atoms in total. The number of para-hydroxylation sites is 1. The molecule has 3 rings (SSSR count). The van der Waals surface area contributed by atoms with Gasteiger partial charge < -0.3 is 10.1 Å². The Morgan fingerprint density at radius 2 is 1.96 bits per heavy atom. The summed E-state index contributed by atoms with van der Waals surface area (Å²) < 4.78 is 19.1. The summed E-state index contributed by atoms with van der Waals surface area (Å²) in [6.07, 6.45) is 0.586. The van der Waals surface area contributed by atoms with Gasteiger partial charge in [-0.15, -0.1) is 0 Å². The summed E-state index contributed by atoms with van der Waals surface area (Å²) in [5, 5.41) is 10.00. The first kappa shape index (κ1) is 17.6. The number of hydrogen-bond donors (Lipinski definition) is 2. The topological polar surface area (TPSA) is 84.1 Å². The van der Waals surface area contributed by atoms with Gasteiger partial charge in [-0.2, -0.15) is 5.10 Å². The van der Waals surface area contributed by atoms with Crippen molar-refractivity contribution in [3.05, 3.63) is 60.0 Å². The molecular weight excluding hydrogens is 337 g/mol. The van der Waals surface area contributed by atoms with Crippen LogP contribution in [0, 0.1) is 11.7 Å². The Labute approximate surface area is 149 Å². The van der Waals surface area contributed by atoms with Crippen molar-refractivity contribution in [2.45, 2.75) is 20.0 Å². The number of carbonyl (C=O) groups is 2. The molecule has 0 aliphatic carbocycles. The highest BCUT2D eigenvalue weighted by Crippen LogP contribution is 2.18. The second-order valence-corrected chi connectivity index (χ2v) is 6.21. The van der Waals surface area contributed by atoms with Crippen LogP contribution < -0.4 is 5.32 Å². The molecule has 134 valence electrons. The summed E-state index contributed by atoms with van der Waals surface area (Å²) in [6.45, 7) is 3.49. The van der Waals surface area contributed by atoms with Gasteiger partial charge in [-0.25, -0.2) is 9.18 Å². The number of esters is 1. The third kappa shape index (κ3) is 3.72. The molecule has 1 amide bonds. The molecule has 2 aromatic carbocycles. The van der Waals surface area contributed by atoms with Crippen LogP contribution in [0.2, 0.25) is 0 Å². The Hall–Kier alpha value is -3.22. The normalized spacial score (nSPS) is 12.2. The molecule has 0 radical (unpaired) electrons. The molecular formula is C19H18FN3O3. The fraction of sp³-hybridized carbons (Fsp3) is 0.211. The second-order valence-electron chi connectivity index (χ2n) is 6.21. The number of anilines is 1. The molecule has 0 bridgehead atoms. The monoisotopic (exact) mass is 355 g/mol. The number of aromatic nitrogens is 2. The molecule has 26 heavy (non-hydrogen) atoms. The number of amides is 1. The number of hydrogen-bond acceptors (Lipinski definition) is 4. The van der Waals surface area contributed by atoms with Crippen LogP contribution in [0.5, 0.6) is 0 Å². The fourth-order valence-corrected chi connectivity index (χ4v) is 2.51. The molecule has 0 aliphatic heterocycles. The third-order valence-corrected chi connectivity index (χ3v) is 3.91. The number of ether oxygens (including phenoxy) is 1. The lowest BCUT2D eigenvalue weighted by Crippen LogP contribution is -2.36. The molecule has 0 saturated heterocycles. The van der Waals surface area contributed by atoms with E-state index in [0.29, 0.717) is 11.1 Å². The zero-order valence-corrected chi connectivity index (χ0v) is 14.3. The molecule has 1 heterocycles. The Morgan fingerprint density at radius 3 is 2.69 bits per heavy atom. The number of halogens is 1. The zero-order chi connectivity index (χ0) is 18.7. The molecule has 0 fully saturated rings. The highest BCUT2D eigenvalue weighted by Gasteiger charge is 2.27. The van der Waals surface area contributed by atoms with Crippen molar-refractivity contribution in [3.8, 4) is 0 Å². The summed E-state index contributed by atoms with van der Waals surface area (Å²) in [6, 6.07) is 10.8. The van der Waals surface area contributed by atoms with Gasteiger partial charge in [-0.05, 0) is 30.2 Å². The van der Waals surface area contributed by atoms with E-state index in [-0.39, 0.29) is 11.6 Å². The molecule has 1 atom stereocenters. The summed E-state index contributed by atoms with van der Waals surface area (Å²) in [7, 11) is 0. The predicted octanol–water partition coefficient (Wildman–Crippen LogP) is 3.52. The smallest absolute Gasteiger partial charge is 0.338 e. The number of fused-ring (bicyclic) bond motifs is 1. The largest absolute Gasteiger partial charge is 0.448 e. The van der Waals surface area contributed by atoms with E-state index in [1.54, 1.807) is 44.3 Å². The first-order valence-electron chi connectivity index (χ1n) is 8.15. The van der Waals surface area contributed by atoms with Gasteiger partial charge in [-0.3, -0.25) is 9.89 Å². The predicted molar refractivity (Wildman–Crippen MR) is 95.2 cm³/mol. The standard InChI is InChI=1S/C19H18FN3O3/c1-11(2)17(18(24)22-15-6-4-3-5-14(15)20)26-19(25)12-7-8-13-10-21-23-16(13)9-12/h3-11,17H,1-2H3,(H,21,23)(H,22,24). The van der Waals surface area contributed by atoms with E-state index < -0.39 is 23.8 Å². The van der Waals surface area contributed by atoms with Crippen LogP contribution in [0.4, 0.5) is 10.1 Å². The van der Waals surface area contributed by atoms with Crippen LogP contribution >= 0.6 is 0 Å². The van der Waals surface area contributed by atoms with Gasteiger partial charge in [0.25, 0.3) is 5.91 Å². The lowest BCUT2D eigenvalue weighted by Gasteiger charge is -2.21. The first-order valence-corrected chi connectivity index (χ1v) is 8.15. The molecule has 0 saturated carbocycles. The number of nitrogens with zero attached hydrogens (tertiary/aromatic N) is 1. The van der Waals surface area contributed by atoms with Crippen molar-refractivity contribution < 1.29 is 18.7 Å². The second kappa shape index (κ2) is 7.35. The molecule has 1 unspecified atom stereocenters. The molecule has 2 N–H and O–H groups in total. The quantitative estimate of drug-likeness (QED) is 0.686. The van der Waals surface area contributed by atoms with Crippen molar-refractivity contribution in [2.75, 3.05) is 5.32 Å². The maximum absolute atomic E-state index is 13.7. The van der Waals surface area contributed by atoms with E-state index >= 15 is 0 Å². The van der Waals surface area contributed by atoms with Gasteiger partial charge >= 0.3 is 5.97 Å². The van der Waals surface area contributed by atoms with Crippen molar-refractivity contribution in [1.82, 2.24) is 10.2 Å². The minimum atomic E-state index is -1.06. The van der Waals surface area contributed by atoms with Crippen LogP contribution in [-0.2, 0) is 9.53 Å². The SMILES string of the molecule is CC(C)C(OC(=O)c1ccc2cn[nH]c2c1)C(=O)Nc1ccccc1F. The van der Waals surface area contributed by atoms with Crippen LogP contribution in [0.25, 0.3) is 10.9 Å². The first-order chi connectivity index (χ1) is 12.5. The lowest BCUT2D eigenvalue weighted by molar-refractivity contribution is -0.126. The molecule has 1 aromatic heterocycles. The number of aromatic amines is 1. The van der Waals surface area contributed by atoms with Crippen LogP contribution in [0.15, 0.2) is 48.7 Å². The van der Waals surface area contributed by atoms with Crippen molar-refractivity contribution >= 4 is 28.5 Å². The number of carbonyl (C=O) groups excluding carboxylic acids is 2. The Bertz CT molecular complexity index is 952. The molecule has 3 aromatic rings. The van der Waals surface area contributed by atoms with Crippen molar-refractivity contribution in [3.63, 3.8) is 0 Å². The molecule has 0 aliphatic rings.